The first-order chi connectivity index (χ1) is 13.0. The number of rotatable bonds is 6. The molecule has 0 fully saturated rings. The molecule has 0 radical (unpaired) electrons. The van der Waals surface area contributed by atoms with Gasteiger partial charge in [0, 0.05) is 37.5 Å². The smallest absolute Gasteiger partial charge is 0.317 e. The summed E-state index contributed by atoms with van der Waals surface area (Å²) in [7, 11) is 3.37. The molecule has 0 aliphatic rings. The molecule has 2 amide bonds. The summed E-state index contributed by atoms with van der Waals surface area (Å²) in [6.45, 7) is 4.24. The van der Waals surface area contributed by atoms with Crippen LogP contribution in [-0.4, -0.2) is 41.1 Å². The summed E-state index contributed by atoms with van der Waals surface area (Å²) in [6, 6.07) is 9.23. The number of nitrogens with one attached hydrogen (secondary N) is 1. The van der Waals surface area contributed by atoms with Gasteiger partial charge in [-0.25, -0.2) is 9.78 Å². The van der Waals surface area contributed by atoms with Crippen LogP contribution in [0.3, 0.4) is 0 Å². The van der Waals surface area contributed by atoms with Crippen molar-refractivity contribution in [2.24, 2.45) is 0 Å². The largest absolute Gasteiger partial charge is 0.497 e. The Morgan fingerprint density at radius 3 is 2.89 bits per heavy atom. The van der Waals surface area contributed by atoms with E-state index in [2.05, 4.69) is 15.3 Å². The number of oxazole rings is 1. The molecular weight excluding hydrogens is 344 g/mol. The monoisotopic (exact) mass is 368 g/mol. The van der Waals surface area contributed by atoms with E-state index in [-0.39, 0.29) is 18.6 Å². The van der Waals surface area contributed by atoms with E-state index in [0.717, 1.165) is 11.3 Å². The molecule has 0 saturated heterocycles. The maximum atomic E-state index is 12.4. The number of amides is 2. The molecule has 1 N–H and O–H groups in total. The topological polar surface area (TPSA) is 80.5 Å². The fraction of sp³-hybridized carbons (Fsp3) is 0.350. The van der Waals surface area contributed by atoms with Crippen LogP contribution in [0.5, 0.6) is 5.75 Å². The number of hydrogen-bond acceptors (Lipinski definition) is 5. The molecule has 3 aromatic rings. The minimum Gasteiger partial charge on any atom is -0.497 e. The predicted molar refractivity (Wildman–Crippen MR) is 103 cm³/mol. The first-order valence-electron chi connectivity index (χ1n) is 8.82. The molecule has 0 aliphatic carbocycles. The molecule has 3 rings (SSSR count). The van der Waals surface area contributed by atoms with Crippen LogP contribution in [-0.2, 0) is 13.0 Å². The minimum atomic E-state index is -0.185. The standard InChI is InChI=1S/C20H24N4O3/c1-13-7-8-21-15(9-13)10-14(2)24(3)20(25)22-12-19-23-17-11-16(26-4)5-6-18(17)27-19/h5-9,11,14H,10,12H2,1-4H3,(H,22,25)/t14-/m1/s1. The van der Waals surface area contributed by atoms with Crippen LogP contribution in [0.4, 0.5) is 4.79 Å². The number of aromatic nitrogens is 2. The van der Waals surface area contributed by atoms with Crippen molar-refractivity contribution in [3.05, 3.63) is 53.7 Å². The van der Waals surface area contributed by atoms with Crippen LogP contribution in [0.15, 0.2) is 40.9 Å². The molecule has 2 aromatic heterocycles. The van der Waals surface area contributed by atoms with Crippen LogP contribution in [0.25, 0.3) is 11.1 Å². The van der Waals surface area contributed by atoms with Crippen molar-refractivity contribution in [3.63, 3.8) is 0 Å². The van der Waals surface area contributed by atoms with Crippen molar-refractivity contribution < 1.29 is 13.9 Å². The van der Waals surface area contributed by atoms with E-state index in [9.17, 15) is 4.79 Å². The second-order valence-corrected chi connectivity index (χ2v) is 6.59. The van der Waals surface area contributed by atoms with Crippen LogP contribution < -0.4 is 10.1 Å². The zero-order chi connectivity index (χ0) is 19.4. The average Bonchev–Trinajstić information content (AvgIpc) is 3.07. The van der Waals surface area contributed by atoms with Gasteiger partial charge in [-0.3, -0.25) is 4.98 Å². The second kappa shape index (κ2) is 8.07. The maximum Gasteiger partial charge on any atom is 0.317 e. The summed E-state index contributed by atoms with van der Waals surface area (Å²) < 4.78 is 10.8. The zero-order valence-corrected chi connectivity index (χ0v) is 16.0. The van der Waals surface area contributed by atoms with Crippen molar-refractivity contribution in [3.8, 4) is 5.75 Å². The average molecular weight is 368 g/mol. The number of urea groups is 1. The highest BCUT2D eigenvalue weighted by Crippen LogP contribution is 2.21. The van der Waals surface area contributed by atoms with Gasteiger partial charge in [-0.2, -0.15) is 0 Å². The Morgan fingerprint density at radius 1 is 1.33 bits per heavy atom. The Morgan fingerprint density at radius 2 is 2.15 bits per heavy atom. The molecule has 27 heavy (non-hydrogen) atoms. The van der Waals surface area contributed by atoms with Crippen molar-refractivity contribution in [1.29, 1.82) is 0 Å². The van der Waals surface area contributed by atoms with Crippen LogP contribution in [0.1, 0.15) is 24.1 Å². The number of benzene rings is 1. The lowest BCUT2D eigenvalue weighted by Gasteiger charge is -2.24. The van der Waals surface area contributed by atoms with Gasteiger partial charge >= 0.3 is 6.03 Å². The minimum absolute atomic E-state index is 0.00666. The van der Waals surface area contributed by atoms with Gasteiger partial charge in [0.25, 0.3) is 0 Å². The van der Waals surface area contributed by atoms with Crippen molar-refractivity contribution >= 4 is 17.1 Å². The summed E-state index contributed by atoms with van der Waals surface area (Å²) in [6.07, 6.45) is 2.48. The lowest BCUT2D eigenvalue weighted by Crippen LogP contribution is -2.43. The third-order valence-corrected chi connectivity index (χ3v) is 4.49. The molecular formula is C20H24N4O3. The highest BCUT2D eigenvalue weighted by Gasteiger charge is 2.17. The number of likely N-dealkylation sites (N-methyl/N-ethyl adjacent to an activating group) is 1. The molecule has 0 aliphatic heterocycles. The maximum absolute atomic E-state index is 12.4. The fourth-order valence-corrected chi connectivity index (χ4v) is 2.78. The number of carbonyl (C=O) groups excluding carboxylic acids is 1. The molecule has 7 nitrogen and oxygen atoms in total. The van der Waals surface area contributed by atoms with Gasteiger partial charge in [-0.05, 0) is 43.7 Å². The van der Waals surface area contributed by atoms with E-state index in [1.165, 1.54) is 0 Å². The molecule has 1 aromatic carbocycles. The predicted octanol–water partition coefficient (Wildman–Crippen LogP) is 3.31. The van der Waals surface area contributed by atoms with Crippen LogP contribution >= 0.6 is 0 Å². The highest BCUT2D eigenvalue weighted by molar-refractivity contribution is 5.75. The first kappa shape index (κ1) is 18.7. The Balaban J connectivity index is 1.57. The molecule has 1 atom stereocenters. The molecule has 0 saturated carbocycles. The summed E-state index contributed by atoms with van der Waals surface area (Å²) in [4.78, 5) is 22.8. The Kier molecular flexibility index (Phi) is 5.59. The van der Waals surface area contributed by atoms with Gasteiger partial charge in [0.05, 0.1) is 13.7 Å². The number of aryl methyl sites for hydroxylation is 1. The first-order valence-corrected chi connectivity index (χ1v) is 8.82. The van der Waals surface area contributed by atoms with Crippen molar-refractivity contribution in [2.45, 2.75) is 32.9 Å². The summed E-state index contributed by atoms with van der Waals surface area (Å²) in [5, 5.41) is 2.85. The quantitative estimate of drug-likeness (QED) is 0.722. The third kappa shape index (κ3) is 4.55. The number of pyridine rings is 1. The number of carbonyl (C=O) groups is 1. The van der Waals surface area contributed by atoms with Crippen molar-refractivity contribution in [2.75, 3.05) is 14.2 Å². The van der Waals surface area contributed by atoms with E-state index >= 15 is 0 Å². The van der Waals surface area contributed by atoms with E-state index in [0.29, 0.717) is 29.2 Å². The summed E-state index contributed by atoms with van der Waals surface area (Å²) in [5.74, 6) is 1.16. The number of ether oxygens (including phenoxy) is 1. The molecule has 7 heteroatoms. The van der Waals surface area contributed by atoms with Gasteiger partial charge in [-0.1, -0.05) is 0 Å². The van der Waals surface area contributed by atoms with Gasteiger partial charge in [0.2, 0.25) is 5.89 Å². The van der Waals surface area contributed by atoms with Crippen LogP contribution in [0, 0.1) is 6.92 Å². The molecule has 0 spiro atoms. The lowest BCUT2D eigenvalue weighted by atomic mass is 10.1. The number of fused-ring (bicyclic) bond motifs is 1. The molecule has 2 heterocycles. The number of methoxy groups -OCH3 is 1. The fourth-order valence-electron chi connectivity index (χ4n) is 2.78. The van der Waals surface area contributed by atoms with Crippen LogP contribution in [0.2, 0.25) is 0 Å². The normalized spacial score (nSPS) is 12.0. The van der Waals surface area contributed by atoms with E-state index in [1.807, 2.05) is 32.0 Å². The number of nitrogens with zero attached hydrogens (tertiary/aromatic N) is 3. The Hall–Kier alpha value is -3.09. The Labute approximate surface area is 158 Å². The zero-order valence-electron chi connectivity index (χ0n) is 16.0. The highest BCUT2D eigenvalue weighted by atomic mass is 16.5. The van der Waals surface area contributed by atoms with E-state index in [1.54, 1.807) is 37.4 Å². The second-order valence-electron chi connectivity index (χ2n) is 6.59. The van der Waals surface area contributed by atoms with Gasteiger partial charge in [0.1, 0.15) is 11.3 Å². The third-order valence-electron chi connectivity index (χ3n) is 4.49. The summed E-state index contributed by atoms with van der Waals surface area (Å²) in [5.41, 5.74) is 3.49. The summed E-state index contributed by atoms with van der Waals surface area (Å²) >= 11 is 0. The molecule has 0 unspecified atom stereocenters. The van der Waals surface area contributed by atoms with Gasteiger partial charge in [-0.15, -0.1) is 0 Å². The Bertz CT molecular complexity index is 938. The van der Waals surface area contributed by atoms with E-state index in [4.69, 9.17) is 9.15 Å². The lowest BCUT2D eigenvalue weighted by molar-refractivity contribution is 0.192. The van der Waals surface area contributed by atoms with E-state index < -0.39 is 0 Å². The number of hydrogen-bond donors (Lipinski definition) is 1. The SMILES string of the molecule is COc1ccc2oc(CNC(=O)N(C)[C@H](C)Cc3cc(C)ccn3)nc2c1. The van der Waals surface area contributed by atoms with Gasteiger partial charge in [0.15, 0.2) is 5.58 Å². The van der Waals surface area contributed by atoms with Crippen molar-refractivity contribution in [1.82, 2.24) is 20.2 Å². The molecule has 0 bridgehead atoms. The molecule has 142 valence electrons. The van der Waals surface area contributed by atoms with Gasteiger partial charge < -0.3 is 19.4 Å².